The first-order chi connectivity index (χ1) is 8.38. The van der Waals surface area contributed by atoms with Crippen molar-refractivity contribution in [2.24, 2.45) is 11.5 Å². The van der Waals surface area contributed by atoms with Crippen molar-refractivity contribution in [1.82, 2.24) is 4.90 Å². The second kappa shape index (κ2) is 5.65. The van der Waals surface area contributed by atoms with Crippen LogP contribution in [0.15, 0.2) is 11.1 Å². The smallest absolute Gasteiger partial charge is 0.241 e. The van der Waals surface area contributed by atoms with Crippen LogP contribution in [0.2, 0.25) is 0 Å². The molecule has 1 unspecified atom stereocenters. The van der Waals surface area contributed by atoms with Crippen molar-refractivity contribution in [3.8, 4) is 6.07 Å². The molecule has 4 N–H and O–H groups in total. The molecule has 2 amide bonds. The van der Waals surface area contributed by atoms with Gasteiger partial charge in [-0.3, -0.25) is 9.59 Å². The van der Waals surface area contributed by atoms with E-state index in [4.69, 9.17) is 16.7 Å². The molecule has 1 rings (SSSR count). The lowest BCUT2D eigenvalue weighted by molar-refractivity contribution is -0.132. The van der Waals surface area contributed by atoms with Crippen LogP contribution in [0.4, 0.5) is 0 Å². The van der Waals surface area contributed by atoms with Gasteiger partial charge in [-0.05, 0) is 25.8 Å². The monoisotopic (exact) mass is 250 g/mol. The fraction of sp³-hybridized carbons (Fsp3) is 0.583. The van der Waals surface area contributed by atoms with Gasteiger partial charge < -0.3 is 16.4 Å². The van der Waals surface area contributed by atoms with E-state index in [1.54, 1.807) is 0 Å². The molecule has 1 aliphatic rings. The van der Waals surface area contributed by atoms with Crippen LogP contribution in [-0.2, 0) is 9.59 Å². The maximum Gasteiger partial charge on any atom is 0.241 e. The highest BCUT2D eigenvalue weighted by atomic mass is 16.2. The van der Waals surface area contributed by atoms with Crippen LogP contribution in [0.1, 0.15) is 26.7 Å². The third kappa shape index (κ3) is 2.87. The van der Waals surface area contributed by atoms with E-state index in [2.05, 4.69) is 6.07 Å². The molecule has 0 saturated carbocycles. The zero-order valence-corrected chi connectivity index (χ0v) is 10.6. The topological polar surface area (TPSA) is 113 Å². The highest BCUT2D eigenvalue weighted by molar-refractivity contribution is 5.84. The van der Waals surface area contributed by atoms with Crippen molar-refractivity contribution >= 4 is 11.8 Å². The molecule has 0 saturated heterocycles. The average molecular weight is 250 g/mol. The number of nitrogens with two attached hydrogens (primary N) is 2. The molecule has 6 nitrogen and oxygen atoms in total. The molecule has 0 aromatic carbocycles. The Balaban J connectivity index is 2.69. The predicted octanol–water partition coefficient (Wildman–Crippen LogP) is -0.350. The van der Waals surface area contributed by atoms with Gasteiger partial charge in [0.2, 0.25) is 11.8 Å². The minimum absolute atomic E-state index is 0.0728. The number of carbonyl (C=O) groups is 2. The highest BCUT2D eigenvalue weighted by Crippen LogP contribution is 2.24. The quantitative estimate of drug-likeness (QED) is 0.664. The van der Waals surface area contributed by atoms with Gasteiger partial charge in [-0.2, -0.15) is 5.26 Å². The average Bonchev–Trinajstić information content (AvgIpc) is 2.61. The van der Waals surface area contributed by atoms with Crippen LogP contribution in [0.3, 0.4) is 0 Å². The number of hydrogen-bond donors (Lipinski definition) is 2. The fourth-order valence-electron chi connectivity index (χ4n) is 1.94. The van der Waals surface area contributed by atoms with Crippen molar-refractivity contribution in [2.75, 3.05) is 6.54 Å². The normalized spacial score (nSPS) is 20.8. The van der Waals surface area contributed by atoms with E-state index in [0.717, 1.165) is 11.1 Å². The van der Waals surface area contributed by atoms with E-state index in [1.165, 1.54) is 4.90 Å². The molecule has 0 bridgehead atoms. The Morgan fingerprint density at radius 2 is 2.17 bits per heavy atom. The number of nitrogens with zero attached hydrogens (tertiary/aromatic N) is 2. The van der Waals surface area contributed by atoms with Crippen LogP contribution in [-0.4, -0.2) is 35.3 Å². The summed E-state index contributed by atoms with van der Waals surface area (Å²) in [6.45, 7) is 4.15. The van der Waals surface area contributed by atoms with Gasteiger partial charge in [0.1, 0.15) is 6.04 Å². The van der Waals surface area contributed by atoms with E-state index < -0.39 is 18.0 Å². The summed E-state index contributed by atoms with van der Waals surface area (Å²) >= 11 is 0. The van der Waals surface area contributed by atoms with E-state index in [1.807, 2.05) is 13.8 Å². The van der Waals surface area contributed by atoms with Crippen LogP contribution >= 0.6 is 0 Å². The van der Waals surface area contributed by atoms with E-state index in [0.29, 0.717) is 6.54 Å². The molecule has 6 heteroatoms. The Morgan fingerprint density at radius 3 is 2.67 bits per heavy atom. The number of hydrogen-bond acceptors (Lipinski definition) is 4. The van der Waals surface area contributed by atoms with Crippen molar-refractivity contribution in [1.29, 1.82) is 5.26 Å². The van der Waals surface area contributed by atoms with Gasteiger partial charge in [-0.15, -0.1) is 0 Å². The third-order valence-electron chi connectivity index (χ3n) is 3.23. The van der Waals surface area contributed by atoms with Crippen LogP contribution in [0, 0.1) is 11.3 Å². The summed E-state index contributed by atoms with van der Waals surface area (Å²) in [4.78, 5) is 24.2. The summed E-state index contributed by atoms with van der Waals surface area (Å²) in [5.41, 5.74) is 12.6. The van der Waals surface area contributed by atoms with Crippen LogP contribution < -0.4 is 11.5 Å². The summed E-state index contributed by atoms with van der Waals surface area (Å²) in [5, 5.41) is 9.08. The summed E-state index contributed by atoms with van der Waals surface area (Å²) in [6.07, 6.45) is 0.282. The van der Waals surface area contributed by atoms with Crippen molar-refractivity contribution < 1.29 is 9.59 Å². The van der Waals surface area contributed by atoms with Gasteiger partial charge in [-0.25, -0.2) is 0 Å². The molecule has 0 radical (unpaired) electrons. The maximum absolute atomic E-state index is 12.1. The molecule has 2 atom stereocenters. The number of amides is 2. The predicted molar refractivity (Wildman–Crippen MR) is 65.9 cm³/mol. The van der Waals surface area contributed by atoms with Gasteiger partial charge in [-0.1, -0.05) is 5.57 Å². The number of rotatable bonds is 4. The Hall–Kier alpha value is -1.87. The summed E-state index contributed by atoms with van der Waals surface area (Å²) in [5.74, 6) is -0.791. The van der Waals surface area contributed by atoms with E-state index >= 15 is 0 Å². The minimum atomic E-state index is -0.785. The van der Waals surface area contributed by atoms with Crippen LogP contribution in [0.5, 0.6) is 0 Å². The molecule has 1 aliphatic heterocycles. The fourth-order valence-corrected chi connectivity index (χ4v) is 1.94. The van der Waals surface area contributed by atoms with E-state index in [-0.39, 0.29) is 18.7 Å². The Morgan fingerprint density at radius 1 is 1.56 bits per heavy atom. The van der Waals surface area contributed by atoms with Crippen LogP contribution in [0.25, 0.3) is 0 Å². The first-order valence-corrected chi connectivity index (χ1v) is 5.78. The van der Waals surface area contributed by atoms with E-state index in [9.17, 15) is 9.59 Å². The standard InChI is InChI=1S/C12H18N4O2/c1-7-6-16(10(5-13)8(7)2)12(18)9(14)3-4-11(15)17/h9-10H,3-4,6,14H2,1-2H3,(H2,15,17)/t9-,10?/m0/s1. The first kappa shape index (κ1) is 14.2. The highest BCUT2D eigenvalue weighted by Gasteiger charge is 2.34. The Kier molecular flexibility index (Phi) is 4.45. The molecule has 18 heavy (non-hydrogen) atoms. The molecule has 1 heterocycles. The van der Waals surface area contributed by atoms with Gasteiger partial charge in [0.15, 0.2) is 0 Å². The largest absolute Gasteiger partial charge is 0.370 e. The molecule has 0 spiro atoms. The summed E-state index contributed by atoms with van der Waals surface area (Å²) in [7, 11) is 0. The summed E-state index contributed by atoms with van der Waals surface area (Å²) in [6, 6.07) is 0.765. The zero-order valence-electron chi connectivity index (χ0n) is 10.6. The van der Waals surface area contributed by atoms with Gasteiger partial charge >= 0.3 is 0 Å². The minimum Gasteiger partial charge on any atom is -0.370 e. The van der Waals surface area contributed by atoms with Gasteiger partial charge in [0.05, 0.1) is 12.1 Å². The number of nitriles is 1. The molecule has 0 aliphatic carbocycles. The SMILES string of the molecule is CC1=C(C)C(C#N)N(C(=O)[C@@H](N)CCC(N)=O)C1. The molecule has 0 aromatic rings. The van der Waals surface area contributed by atoms with Gasteiger partial charge in [0, 0.05) is 13.0 Å². The summed E-state index contributed by atoms with van der Waals surface area (Å²) < 4.78 is 0. The second-order valence-corrected chi connectivity index (χ2v) is 4.57. The maximum atomic E-state index is 12.1. The molecule has 98 valence electrons. The second-order valence-electron chi connectivity index (χ2n) is 4.57. The molecular weight excluding hydrogens is 232 g/mol. The molecule has 0 fully saturated rings. The van der Waals surface area contributed by atoms with Crippen molar-refractivity contribution in [2.45, 2.75) is 38.8 Å². The Labute approximate surface area is 106 Å². The number of carbonyl (C=O) groups excluding carboxylic acids is 2. The first-order valence-electron chi connectivity index (χ1n) is 5.78. The zero-order chi connectivity index (χ0) is 13.9. The van der Waals surface area contributed by atoms with Gasteiger partial charge in [0.25, 0.3) is 0 Å². The molecular formula is C12H18N4O2. The lowest BCUT2D eigenvalue weighted by atomic mass is 10.1. The Bertz CT molecular complexity index is 436. The van der Waals surface area contributed by atoms with Crippen molar-refractivity contribution in [3.63, 3.8) is 0 Å². The third-order valence-corrected chi connectivity index (χ3v) is 3.23. The lowest BCUT2D eigenvalue weighted by Gasteiger charge is -2.24. The molecule has 0 aromatic heterocycles. The lowest BCUT2D eigenvalue weighted by Crippen LogP contribution is -2.46. The number of primary amides is 1. The van der Waals surface area contributed by atoms with Crippen molar-refractivity contribution in [3.05, 3.63) is 11.1 Å².